The highest BCUT2D eigenvalue weighted by Gasteiger charge is 2.67. The van der Waals surface area contributed by atoms with E-state index in [2.05, 4.69) is 27.7 Å². The van der Waals surface area contributed by atoms with Gasteiger partial charge in [0, 0.05) is 12.3 Å². The molecule has 12 atom stereocenters. The van der Waals surface area contributed by atoms with Crippen LogP contribution in [-0.4, -0.2) is 41.8 Å². The van der Waals surface area contributed by atoms with E-state index in [0.717, 1.165) is 57.7 Å². The van der Waals surface area contributed by atoms with E-state index < -0.39 is 0 Å². The molecule has 0 radical (unpaired) electrons. The van der Waals surface area contributed by atoms with Crippen molar-refractivity contribution in [2.24, 2.45) is 58.2 Å². The topological polar surface area (TPSA) is 83.8 Å². The summed E-state index contributed by atoms with van der Waals surface area (Å²) in [4.78, 5) is 23.4. The van der Waals surface area contributed by atoms with E-state index in [1.165, 1.54) is 7.11 Å². The van der Waals surface area contributed by atoms with Crippen LogP contribution in [0.1, 0.15) is 85.5 Å². The van der Waals surface area contributed by atoms with Crippen molar-refractivity contribution in [1.29, 1.82) is 0 Å². The van der Waals surface area contributed by atoms with E-state index in [-0.39, 0.29) is 46.8 Å². The predicted octanol–water partition coefficient (Wildman–Crippen LogP) is 4.63. The summed E-state index contributed by atoms with van der Waals surface area (Å²) in [6, 6.07) is 0. The van der Waals surface area contributed by atoms with Crippen LogP contribution in [0, 0.1) is 58.2 Å². The van der Waals surface area contributed by atoms with Gasteiger partial charge in [0.15, 0.2) is 0 Å². The molecule has 3 unspecified atom stereocenters. The lowest BCUT2D eigenvalue weighted by Gasteiger charge is -2.65. The summed E-state index contributed by atoms with van der Waals surface area (Å²) in [7, 11) is 1.44. The Morgan fingerprint density at radius 2 is 1.85 bits per heavy atom. The van der Waals surface area contributed by atoms with Gasteiger partial charge in [-0.25, -0.2) is 0 Å². The number of hydrogen-bond acceptors (Lipinski definition) is 5. The van der Waals surface area contributed by atoms with Crippen LogP contribution in [0.2, 0.25) is 0 Å². The molecule has 0 heterocycles. The predicted molar refractivity (Wildman–Crippen MR) is 127 cm³/mol. The molecule has 0 aliphatic heterocycles. The van der Waals surface area contributed by atoms with Gasteiger partial charge in [0.25, 0.3) is 0 Å². The summed E-state index contributed by atoms with van der Waals surface area (Å²) in [6.07, 6.45) is 8.27. The third-order valence-electron chi connectivity index (χ3n) is 11.5. The van der Waals surface area contributed by atoms with Gasteiger partial charge in [-0.3, -0.25) is 4.79 Å². The van der Waals surface area contributed by atoms with Crippen molar-refractivity contribution in [3.63, 3.8) is 0 Å². The molecule has 4 fully saturated rings. The number of aliphatic hydroxyl groups is 2. The first-order valence-corrected chi connectivity index (χ1v) is 13.5. The first kappa shape index (κ1) is 25.2. The fourth-order valence-electron chi connectivity index (χ4n) is 9.71. The summed E-state index contributed by atoms with van der Waals surface area (Å²) >= 11 is 0. The average molecular weight is 463 g/mol. The molecule has 0 saturated heterocycles. The van der Waals surface area contributed by atoms with E-state index in [9.17, 15) is 19.8 Å². The molecule has 33 heavy (non-hydrogen) atoms. The molecule has 2 N–H and O–H groups in total. The second kappa shape index (κ2) is 9.26. The molecular formula is C28H46O5. The largest absolute Gasteiger partial charge is 0.469 e. The number of ether oxygens (including phenoxy) is 1. The van der Waals surface area contributed by atoms with Crippen LogP contribution in [0.3, 0.4) is 0 Å². The molecule has 0 aromatic rings. The Kier molecular flexibility index (Phi) is 7.06. The molecular weight excluding hydrogens is 416 g/mol. The number of fused-ring (bicyclic) bond motifs is 5. The summed E-state index contributed by atoms with van der Waals surface area (Å²) in [5.74, 6) is 2.06. The zero-order valence-electron chi connectivity index (χ0n) is 21.3. The number of hydrogen-bond donors (Lipinski definition) is 2. The maximum absolute atomic E-state index is 11.8. The minimum absolute atomic E-state index is 0.0843. The van der Waals surface area contributed by atoms with E-state index >= 15 is 0 Å². The van der Waals surface area contributed by atoms with Crippen molar-refractivity contribution in [1.82, 2.24) is 0 Å². The Balaban J connectivity index is 1.63. The van der Waals surface area contributed by atoms with Crippen LogP contribution in [0.15, 0.2) is 0 Å². The number of rotatable bonds is 6. The van der Waals surface area contributed by atoms with Gasteiger partial charge >= 0.3 is 5.97 Å². The third kappa shape index (κ3) is 3.80. The van der Waals surface area contributed by atoms with Crippen LogP contribution in [0.4, 0.5) is 0 Å². The summed E-state index contributed by atoms with van der Waals surface area (Å²) in [6.45, 7) is 9.11. The van der Waals surface area contributed by atoms with Gasteiger partial charge < -0.3 is 19.7 Å². The van der Waals surface area contributed by atoms with Crippen LogP contribution in [0.25, 0.3) is 0 Å². The van der Waals surface area contributed by atoms with E-state index in [1.54, 1.807) is 0 Å². The molecule has 4 aliphatic carbocycles. The van der Waals surface area contributed by atoms with E-state index in [4.69, 9.17) is 4.74 Å². The molecule has 0 bridgehead atoms. The Bertz CT molecular complexity index is 738. The standard InChI is InChI=1S/C28H46O5/c1-6-18-21-13-17(15-29)11-12-27(21,3)22-14-23(30)28(4)19(16(2)7-10-24(31)33-5)8-9-20(28)25(22)26(18)32/h15-23,25-26,30,32H,6-14H2,1-5H3/t16-,17-,18-,19-,20?,21+,22?,23+,25?,26-,27+,28-/m1/s1. The van der Waals surface area contributed by atoms with Crippen molar-refractivity contribution in [2.45, 2.75) is 97.7 Å². The molecule has 0 amide bonds. The summed E-state index contributed by atoms with van der Waals surface area (Å²) in [5, 5.41) is 23.5. The zero-order chi connectivity index (χ0) is 24.1. The lowest BCUT2D eigenvalue weighted by molar-refractivity contribution is -0.225. The summed E-state index contributed by atoms with van der Waals surface area (Å²) in [5.41, 5.74) is -0.139. The molecule has 5 heteroatoms. The Morgan fingerprint density at radius 3 is 2.48 bits per heavy atom. The van der Waals surface area contributed by atoms with E-state index in [0.29, 0.717) is 36.0 Å². The maximum atomic E-state index is 11.8. The van der Waals surface area contributed by atoms with Crippen LogP contribution in [-0.2, 0) is 14.3 Å². The van der Waals surface area contributed by atoms with Gasteiger partial charge in [-0.15, -0.1) is 0 Å². The van der Waals surface area contributed by atoms with Crippen molar-refractivity contribution >= 4 is 12.3 Å². The highest BCUT2D eigenvalue weighted by Crippen LogP contribution is 2.69. The van der Waals surface area contributed by atoms with Crippen molar-refractivity contribution in [3.8, 4) is 0 Å². The fourth-order valence-corrected chi connectivity index (χ4v) is 9.71. The van der Waals surface area contributed by atoms with Crippen LogP contribution < -0.4 is 0 Å². The Labute approximate surface area is 200 Å². The molecule has 188 valence electrons. The van der Waals surface area contributed by atoms with Crippen LogP contribution >= 0.6 is 0 Å². The highest BCUT2D eigenvalue weighted by molar-refractivity contribution is 5.69. The van der Waals surface area contributed by atoms with E-state index in [1.807, 2.05) is 0 Å². The number of esters is 1. The van der Waals surface area contributed by atoms with Gasteiger partial charge in [0.1, 0.15) is 6.29 Å². The number of aldehydes is 1. The first-order valence-electron chi connectivity index (χ1n) is 13.5. The molecule has 0 aromatic carbocycles. The van der Waals surface area contributed by atoms with Crippen molar-refractivity contribution in [2.75, 3.05) is 7.11 Å². The van der Waals surface area contributed by atoms with Gasteiger partial charge in [0.05, 0.1) is 19.3 Å². The number of methoxy groups -OCH3 is 1. The Hall–Kier alpha value is -0.940. The van der Waals surface area contributed by atoms with Crippen LogP contribution in [0.5, 0.6) is 0 Å². The zero-order valence-corrected chi connectivity index (χ0v) is 21.3. The molecule has 4 rings (SSSR count). The monoisotopic (exact) mass is 462 g/mol. The average Bonchev–Trinajstić information content (AvgIpc) is 3.16. The normalized spacial score (nSPS) is 50.0. The first-order chi connectivity index (χ1) is 15.6. The van der Waals surface area contributed by atoms with Crippen molar-refractivity contribution in [3.05, 3.63) is 0 Å². The van der Waals surface area contributed by atoms with Gasteiger partial charge in [-0.1, -0.05) is 34.1 Å². The van der Waals surface area contributed by atoms with Gasteiger partial charge in [0.2, 0.25) is 0 Å². The molecule has 5 nitrogen and oxygen atoms in total. The number of aliphatic hydroxyl groups excluding tert-OH is 2. The number of carbonyl (C=O) groups excluding carboxylic acids is 2. The fraction of sp³-hybridized carbons (Fsp3) is 0.929. The quantitative estimate of drug-likeness (QED) is 0.444. The lowest BCUT2D eigenvalue weighted by atomic mass is 9.40. The second-order valence-corrected chi connectivity index (χ2v) is 12.5. The minimum atomic E-state index is -0.386. The number of carbonyl (C=O) groups is 2. The van der Waals surface area contributed by atoms with Gasteiger partial charge in [-0.05, 0) is 97.2 Å². The third-order valence-corrected chi connectivity index (χ3v) is 11.5. The molecule has 0 spiro atoms. The summed E-state index contributed by atoms with van der Waals surface area (Å²) < 4.78 is 4.86. The molecule has 4 saturated carbocycles. The molecule has 0 aromatic heterocycles. The lowest BCUT2D eigenvalue weighted by Crippen LogP contribution is -2.64. The maximum Gasteiger partial charge on any atom is 0.305 e. The Morgan fingerprint density at radius 1 is 1.12 bits per heavy atom. The van der Waals surface area contributed by atoms with Crippen molar-refractivity contribution < 1.29 is 24.5 Å². The minimum Gasteiger partial charge on any atom is -0.469 e. The van der Waals surface area contributed by atoms with Gasteiger partial charge in [-0.2, -0.15) is 0 Å². The second-order valence-electron chi connectivity index (χ2n) is 12.5. The SMILES string of the molecule is CC[C@H]1[C@@H](O)C2C3CC[C@H]([C@H](C)CCC(=O)OC)[C@@]3(C)[C@@H](O)CC2[C@@]2(C)CC[C@@H](C=O)C[C@@H]12. The molecule has 4 aliphatic rings. The smallest absolute Gasteiger partial charge is 0.305 e. The highest BCUT2D eigenvalue weighted by atomic mass is 16.5.